The van der Waals surface area contributed by atoms with E-state index in [1.807, 2.05) is 19.9 Å². The second-order valence-corrected chi connectivity index (χ2v) is 6.22. The molecule has 0 amide bonds. The summed E-state index contributed by atoms with van der Waals surface area (Å²) >= 11 is 0. The molecule has 3 heterocycles. The van der Waals surface area contributed by atoms with Crippen LogP contribution in [0.15, 0.2) is 42.7 Å². The number of nitrogens with one attached hydrogen (secondary N) is 1. The third-order valence-corrected chi connectivity index (χ3v) is 4.39. The van der Waals surface area contributed by atoms with Gasteiger partial charge in [-0.3, -0.25) is 9.89 Å². The summed E-state index contributed by atoms with van der Waals surface area (Å²) in [4.78, 5) is 16.8. The van der Waals surface area contributed by atoms with Gasteiger partial charge in [-0.25, -0.2) is 13.9 Å². The number of nitrogens with zero attached hydrogens (tertiary/aromatic N) is 4. The number of carbonyl (C=O) groups excluding carboxylic acids is 1. The van der Waals surface area contributed by atoms with Gasteiger partial charge in [-0.1, -0.05) is 0 Å². The molecule has 130 valence electrons. The predicted octanol–water partition coefficient (Wildman–Crippen LogP) is 3.30. The zero-order valence-electron chi connectivity index (χ0n) is 14.3. The molecular formula is C19H16FN5O. The van der Waals surface area contributed by atoms with Gasteiger partial charge in [0.2, 0.25) is 0 Å². The number of hydrogen-bond donors (Lipinski definition) is 1. The molecule has 0 bridgehead atoms. The van der Waals surface area contributed by atoms with E-state index in [9.17, 15) is 9.18 Å². The van der Waals surface area contributed by atoms with E-state index >= 15 is 0 Å². The van der Waals surface area contributed by atoms with Crippen molar-refractivity contribution in [1.82, 2.24) is 24.8 Å². The van der Waals surface area contributed by atoms with Crippen LogP contribution < -0.4 is 0 Å². The van der Waals surface area contributed by atoms with Crippen molar-refractivity contribution in [3.8, 4) is 11.3 Å². The molecule has 0 aliphatic heterocycles. The van der Waals surface area contributed by atoms with Gasteiger partial charge >= 0.3 is 0 Å². The first kappa shape index (κ1) is 16.1. The topological polar surface area (TPSA) is 75.9 Å². The molecule has 0 saturated carbocycles. The Hall–Kier alpha value is -3.35. The quantitative estimate of drug-likeness (QED) is 0.574. The molecule has 26 heavy (non-hydrogen) atoms. The van der Waals surface area contributed by atoms with E-state index in [1.165, 1.54) is 12.1 Å². The number of fused-ring (bicyclic) bond motifs is 1. The average molecular weight is 349 g/mol. The summed E-state index contributed by atoms with van der Waals surface area (Å²) < 4.78 is 14.7. The highest BCUT2D eigenvalue weighted by molar-refractivity contribution is 5.97. The fraction of sp³-hybridized carbons (Fsp3) is 0.158. The molecule has 0 aliphatic rings. The summed E-state index contributed by atoms with van der Waals surface area (Å²) in [5.74, 6) is -0.362. The van der Waals surface area contributed by atoms with Gasteiger partial charge in [0.05, 0.1) is 5.69 Å². The van der Waals surface area contributed by atoms with Crippen LogP contribution in [0.3, 0.4) is 0 Å². The molecule has 0 atom stereocenters. The summed E-state index contributed by atoms with van der Waals surface area (Å²) in [6.07, 6.45) is 3.64. The lowest BCUT2D eigenvalue weighted by molar-refractivity contribution is 0.0987. The zero-order chi connectivity index (χ0) is 18.3. The maximum atomic E-state index is 13.1. The fourth-order valence-electron chi connectivity index (χ4n) is 2.79. The van der Waals surface area contributed by atoms with Crippen molar-refractivity contribution in [2.24, 2.45) is 0 Å². The van der Waals surface area contributed by atoms with Crippen LogP contribution in [0.4, 0.5) is 4.39 Å². The summed E-state index contributed by atoms with van der Waals surface area (Å²) in [5.41, 5.74) is 5.11. The van der Waals surface area contributed by atoms with Gasteiger partial charge < -0.3 is 0 Å². The summed E-state index contributed by atoms with van der Waals surface area (Å²) in [6, 6.07) is 7.95. The van der Waals surface area contributed by atoms with E-state index in [1.54, 1.807) is 29.0 Å². The molecule has 0 unspecified atom stereocenters. The minimum absolute atomic E-state index is 0.0704. The number of aromatic nitrogens is 5. The predicted molar refractivity (Wildman–Crippen MR) is 94.5 cm³/mol. The van der Waals surface area contributed by atoms with Crippen LogP contribution in [0.5, 0.6) is 0 Å². The Bertz CT molecular complexity index is 1110. The average Bonchev–Trinajstić information content (AvgIpc) is 3.19. The Morgan fingerprint density at radius 3 is 2.69 bits per heavy atom. The monoisotopic (exact) mass is 349 g/mol. The Balaban J connectivity index is 1.62. The number of Topliss-reactive ketones (excluding diaryl/α,β-unsaturated/α-hetero) is 1. The normalized spacial score (nSPS) is 11.2. The second-order valence-electron chi connectivity index (χ2n) is 6.22. The lowest BCUT2D eigenvalue weighted by Crippen LogP contribution is -2.07. The Morgan fingerprint density at radius 1 is 1.23 bits per heavy atom. The summed E-state index contributed by atoms with van der Waals surface area (Å²) in [7, 11) is 0. The first-order chi connectivity index (χ1) is 12.5. The molecular weight excluding hydrogens is 333 g/mol. The SMILES string of the molecule is Cc1[nH]nc(C(=O)Cc2cnc3cc(-c4ccc(F)cc4)nn3c2)c1C. The Morgan fingerprint density at radius 2 is 2.00 bits per heavy atom. The molecule has 0 saturated heterocycles. The molecule has 3 aromatic heterocycles. The highest BCUT2D eigenvalue weighted by atomic mass is 19.1. The number of benzene rings is 1. The lowest BCUT2D eigenvalue weighted by atomic mass is 10.1. The van der Waals surface area contributed by atoms with E-state index < -0.39 is 0 Å². The minimum Gasteiger partial charge on any atom is -0.292 e. The van der Waals surface area contributed by atoms with Crippen molar-refractivity contribution in [2.45, 2.75) is 20.3 Å². The molecule has 4 rings (SSSR count). The number of halogens is 1. The molecule has 7 heteroatoms. The smallest absolute Gasteiger partial charge is 0.187 e. The van der Waals surface area contributed by atoms with Gasteiger partial charge in [-0.15, -0.1) is 0 Å². The standard InChI is InChI=1S/C19H16FN5O/c1-11-12(2)22-23-19(11)17(26)7-13-9-21-18-8-16(24-25(18)10-13)14-3-5-15(20)6-4-14/h3-6,8-10H,7H2,1-2H3,(H,22,23). The first-order valence-electron chi connectivity index (χ1n) is 8.16. The van der Waals surface area contributed by atoms with Gasteiger partial charge in [-0.2, -0.15) is 10.2 Å². The molecule has 6 nitrogen and oxygen atoms in total. The third-order valence-electron chi connectivity index (χ3n) is 4.39. The number of carbonyl (C=O) groups is 1. The van der Waals surface area contributed by atoms with E-state index in [2.05, 4.69) is 20.3 Å². The first-order valence-corrected chi connectivity index (χ1v) is 8.16. The van der Waals surface area contributed by atoms with Crippen LogP contribution in [0.25, 0.3) is 16.9 Å². The van der Waals surface area contributed by atoms with E-state index in [0.29, 0.717) is 17.0 Å². The molecule has 1 aromatic carbocycles. The maximum absolute atomic E-state index is 13.1. The van der Waals surface area contributed by atoms with Crippen LogP contribution in [0.2, 0.25) is 0 Å². The van der Waals surface area contributed by atoms with Crippen molar-refractivity contribution in [3.05, 3.63) is 71.1 Å². The number of rotatable bonds is 4. The number of ketones is 1. The maximum Gasteiger partial charge on any atom is 0.187 e. The molecule has 0 aliphatic carbocycles. The number of hydrogen-bond acceptors (Lipinski definition) is 4. The van der Waals surface area contributed by atoms with Crippen LogP contribution >= 0.6 is 0 Å². The largest absolute Gasteiger partial charge is 0.292 e. The van der Waals surface area contributed by atoms with Crippen LogP contribution in [-0.2, 0) is 6.42 Å². The van der Waals surface area contributed by atoms with Crippen molar-refractivity contribution in [2.75, 3.05) is 0 Å². The molecule has 0 radical (unpaired) electrons. The fourth-order valence-corrected chi connectivity index (χ4v) is 2.79. The van der Waals surface area contributed by atoms with Gasteiger partial charge in [-0.05, 0) is 43.7 Å². The molecule has 0 spiro atoms. The van der Waals surface area contributed by atoms with Crippen molar-refractivity contribution in [3.63, 3.8) is 0 Å². The van der Waals surface area contributed by atoms with E-state index in [0.717, 1.165) is 22.4 Å². The Kier molecular flexibility index (Phi) is 3.84. The van der Waals surface area contributed by atoms with Gasteiger partial charge in [0.1, 0.15) is 11.5 Å². The van der Waals surface area contributed by atoms with Gasteiger partial charge in [0.25, 0.3) is 0 Å². The molecule has 4 aromatic rings. The highest BCUT2D eigenvalue weighted by Gasteiger charge is 2.16. The van der Waals surface area contributed by atoms with Gasteiger partial charge in [0.15, 0.2) is 11.4 Å². The van der Waals surface area contributed by atoms with Gasteiger partial charge in [0, 0.05) is 41.7 Å². The molecule has 0 fully saturated rings. The summed E-state index contributed by atoms with van der Waals surface area (Å²) in [5, 5.41) is 11.4. The summed E-state index contributed by atoms with van der Waals surface area (Å²) in [6.45, 7) is 3.75. The van der Waals surface area contributed by atoms with Crippen LogP contribution in [-0.4, -0.2) is 30.6 Å². The third kappa shape index (κ3) is 2.88. The number of H-pyrrole nitrogens is 1. The van der Waals surface area contributed by atoms with Crippen molar-refractivity contribution < 1.29 is 9.18 Å². The minimum atomic E-state index is -0.291. The number of aromatic amines is 1. The van der Waals surface area contributed by atoms with Crippen LogP contribution in [0, 0.1) is 19.7 Å². The van der Waals surface area contributed by atoms with Crippen LogP contribution in [0.1, 0.15) is 27.3 Å². The highest BCUT2D eigenvalue weighted by Crippen LogP contribution is 2.20. The lowest BCUT2D eigenvalue weighted by Gasteiger charge is -2.01. The molecule has 1 N–H and O–H groups in total. The zero-order valence-corrected chi connectivity index (χ0v) is 14.3. The second kappa shape index (κ2) is 6.18. The van der Waals surface area contributed by atoms with E-state index in [-0.39, 0.29) is 18.0 Å². The van der Waals surface area contributed by atoms with Crippen molar-refractivity contribution >= 4 is 11.4 Å². The van der Waals surface area contributed by atoms with Crippen molar-refractivity contribution in [1.29, 1.82) is 0 Å². The Labute approximate surface area is 148 Å². The van der Waals surface area contributed by atoms with E-state index in [4.69, 9.17) is 0 Å². The number of aryl methyl sites for hydroxylation is 1.